The molecule has 0 unspecified atom stereocenters. The van der Waals surface area contributed by atoms with E-state index >= 15 is 0 Å². The van der Waals surface area contributed by atoms with Gasteiger partial charge in [-0.2, -0.15) is 0 Å². The van der Waals surface area contributed by atoms with E-state index in [1.807, 2.05) is 84.9 Å². The highest BCUT2D eigenvalue weighted by atomic mass is 32.1. The number of nitrogens with two attached hydrogens (primary N) is 2. The number of fused-ring (bicyclic) bond motifs is 2. The van der Waals surface area contributed by atoms with E-state index in [2.05, 4.69) is 0 Å². The van der Waals surface area contributed by atoms with Gasteiger partial charge in [0.2, 0.25) is 0 Å². The summed E-state index contributed by atoms with van der Waals surface area (Å²) >= 11 is 3.30. The molecular formula is C26H18N4OS2. The summed E-state index contributed by atoms with van der Waals surface area (Å²) in [6.07, 6.45) is 0. The first-order chi connectivity index (χ1) is 16.1. The summed E-state index contributed by atoms with van der Waals surface area (Å²) in [4.78, 5) is 9.40. The van der Waals surface area contributed by atoms with Crippen LogP contribution in [-0.2, 0) is 0 Å². The van der Waals surface area contributed by atoms with E-state index < -0.39 is 0 Å². The van der Waals surface area contributed by atoms with Crippen molar-refractivity contribution in [2.75, 3.05) is 11.5 Å². The average molecular weight is 467 g/mol. The fraction of sp³-hybridized carbons (Fsp3) is 0. The first-order valence-corrected chi connectivity index (χ1v) is 11.9. The number of hydrogen-bond acceptors (Lipinski definition) is 7. The highest BCUT2D eigenvalue weighted by molar-refractivity contribution is 7.22. The Balaban J connectivity index is 1.19. The number of ether oxygens (including phenoxy) is 1. The van der Waals surface area contributed by atoms with Crippen molar-refractivity contribution in [3.05, 3.63) is 84.9 Å². The molecule has 33 heavy (non-hydrogen) atoms. The Morgan fingerprint density at radius 1 is 0.545 bits per heavy atom. The van der Waals surface area contributed by atoms with E-state index in [4.69, 9.17) is 26.2 Å². The number of aromatic nitrogens is 2. The molecule has 4 aromatic carbocycles. The molecule has 0 aliphatic rings. The number of thiazole rings is 2. The van der Waals surface area contributed by atoms with E-state index in [1.54, 1.807) is 22.7 Å². The number of nitrogens with zero attached hydrogens (tertiary/aromatic N) is 2. The van der Waals surface area contributed by atoms with Gasteiger partial charge in [-0.1, -0.05) is 0 Å². The molecule has 0 saturated heterocycles. The van der Waals surface area contributed by atoms with Crippen molar-refractivity contribution < 1.29 is 4.74 Å². The van der Waals surface area contributed by atoms with Crippen molar-refractivity contribution in [1.82, 2.24) is 9.97 Å². The molecular weight excluding hydrogens is 448 g/mol. The van der Waals surface area contributed by atoms with E-state index in [1.165, 1.54) is 0 Å². The normalized spacial score (nSPS) is 11.3. The van der Waals surface area contributed by atoms with Crippen LogP contribution < -0.4 is 16.2 Å². The van der Waals surface area contributed by atoms with Crippen LogP contribution in [0.1, 0.15) is 0 Å². The Morgan fingerprint density at radius 3 is 1.39 bits per heavy atom. The monoisotopic (exact) mass is 466 g/mol. The lowest BCUT2D eigenvalue weighted by atomic mass is 10.2. The lowest BCUT2D eigenvalue weighted by molar-refractivity contribution is 0.483. The third kappa shape index (κ3) is 3.88. The number of benzene rings is 4. The van der Waals surface area contributed by atoms with E-state index in [0.29, 0.717) is 0 Å². The van der Waals surface area contributed by atoms with Crippen LogP contribution in [0.5, 0.6) is 11.5 Å². The lowest BCUT2D eigenvalue weighted by Gasteiger charge is -2.07. The molecule has 0 fully saturated rings. The van der Waals surface area contributed by atoms with Crippen molar-refractivity contribution in [2.45, 2.75) is 0 Å². The molecule has 160 valence electrons. The van der Waals surface area contributed by atoms with Gasteiger partial charge in [-0.3, -0.25) is 0 Å². The summed E-state index contributed by atoms with van der Waals surface area (Å²) < 4.78 is 8.29. The number of rotatable bonds is 4. The molecule has 5 nitrogen and oxygen atoms in total. The van der Waals surface area contributed by atoms with Crippen molar-refractivity contribution in [2.24, 2.45) is 0 Å². The Bertz CT molecular complexity index is 1480. The number of anilines is 2. The summed E-state index contributed by atoms with van der Waals surface area (Å²) in [6, 6.07) is 27.6. The van der Waals surface area contributed by atoms with E-state index in [-0.39, 0.29) is 0 Å². The minimum atomic E-state index is 0.724. The van der Waals surface area contributed by atoms with Crippen molar-refractivity contribution in [1.29, 1.82) is 0 Å². The fourth-order valence-electron chi connectivity index (χ4n) is 3.60. The molecule has 2 heterocycles. The predicted octanol–water partition coefficient (Wildman–Crippen LogP) is 7.20. The largest absolute Gasteiger partial charge is 0.457 e. The van der Waals surface area contributed by atoms with Gasteiger partial charge in [-0.25, -0.2) is 9.97 Å². The zero-order valence-corrected chi connectivity index (χ0v) is 19.0. The van der Waals surface area contributed by atoms with Crippen LogP contribution in [0, 0.1) is 0 Å². The summed E-state index contributed by atoms with van der Waals surface area (Å²) in [6.45, 7) is 0. The maximum atomic E-state index is 6.04. The summed E-state index contributed by atoms with van der Waals surface area (Å²) in [5, 5.41) is 1.92. The zero-order valence-electron chi connectivity index (χ0n) is 17.4. The fourth-order valence-corrected chi connectivity index (χ4v) is 5.51. The van der Waals surface area contributed by atoms with E-state index in [9.17, 15) is 0 Å². The molecule has 0 aliphatic carbocycles. The second-order valence-corrected chi connectivity index (χ2v) is 9.70. The first-order valence-electron chi connectivity index (χ1n) is 10.3. The van der Waals surface area contributed by atoms with Gasteiger partial charge in [0.15, 0.2) is 0 Å². The Hall–Kier alpha value is -3.94. The number of hydrogen-bond donors (Lipinski definition) is 2. The molecule has 0 spiro atoms. The molecule has 0 amide bonds. The van der Waals surface area contributed by atoms with Gasteiger partial charge in [-0.15, -0.1) is 22.7 Å². The van der Waals surface area contributed by atoms with Gasteiger partial charge in [0.25, 0.3) is 0 Å². The van der Waals surface area contributed by atoms with Crippen LogP contribution in [0.3, 0.4) is 0 Å². The highest BCUT2D eigenvalue weighted by Crippen LogP contribution is 2.34. The molecule has 0 radical (unpaired) electrons. The lowest BCUT2D eigenvalue weighted by Crippen LogP contribution is -1.85. The topological polar surface area (TPSA) is 87.0 Å². The van der Waals surface area contributed by atoms with Gasteiger partial charge < -0.3 is 16.2 Å². The molecule has 0 atom stereocenters. The first kappa shape index (κ1) is 19.7. The van der Waals surface area contributed by atoms with Gasteiger partial charge in [-0.05, 0) is 84.9 Å². The molecule has 6 rings (SSSR count). The van der Waals surface area contributed by atoms with Crippen LogP contribution in [0.2, 0.25) is 0 Å². The Kier molecular flexibility index (Phi) is 4.71. The van der Waals surface area contributed by atoms with Crippen LogP contribution in [0.25, 0.3) is 41.6 Å². The van der Waals surface area contributed by atoms with Crippen molar-refractivity contribution in [3.63, 3.8) is 0 Å². The minimum absolute atomic E-state index is 0.724. The van der Waals surface area contributed by atoms with Crippen molar-refractivity contribution >= 4 is 54.5 Å². The van der Waals surface area contributed by atoms with Crippen LogP contribution >= 0.6 is 22.7 Å². The standard InChI is InChI=1S/C26H18N4OS2/c27-17-5-11-23-21(13-17)29-25(32-23)15-1-7-19(8-2-15)31-20-9-3-16(4-10-20)26-30-22-14-18(28)6-12-24(22)33-26/h1-14H,27-28H2. The average Bonchev–Trinajstić information content (AvgIpc) is 3.43. The summed E-state index contributed by atoms with van der Waals surface area (Å²) in [5.41, 5.74) is 17.1. The third-order valence-corrected chi connectivity index (χ3v) is 7.43. The summed E-state index contributed by atoms with van der Waals surface area (Å²) in [7, 11) is 0. The summed E-state index contributed by atoms with van der Waals surface area (Å²) in [5.74, 6) is 1.54. The van der Waals surface area contributed by atoms with E-state index in [0.717, 1.165) is 64.4 Å². The Labute approximate surface area is 197 Å². The molecule has 6 aromatic rings. The van der Waals surface area contributed by atoms with Gasteiger partial charge in [0, 0.05) is 22.5 Å². The smallest absolute Gasteiger partial charge is 0.127 e. The maximum absolute atomic E-state index is 6.04. The predicted molar refractivity (Wildman–Crippen MR) is 139 cm³/mol. The van der Waals surface area contributed by atoms with Gasteiger partial charge in [0.1, 0.15) is 21.5 Å². The van der Waals surface area contributed by atoms with Crippen LogP contribution in [-0.4, -0.2) is 9.97 Å². The zero-order chi connectivity index (χ0) is 22.4. The molecule has 2 aromatic heterocycles. The van der Waals surface area contributed by atoms with Gasteiger partial charge >= 0.3 is 0 Å². The quantitative estimate of drug-likeness (QED) is 0.268. The third-order valence-electron chi connectivity index (χ3n) is 5.26. The Morgan fingerprint density at radius 2 is 0.970 bits per heavy atom. The molecule has 7 heteroatoms. The second-order valence-electron chi connectivity index (χ2n) is 7.64. The van der Waals surface area contributed by atoms with Crippen molar-refractivity contribution in [3.8, 4) is 32.6 Å². The maximum Gasteiger partial charge on any atom is 0.127 e. The van der Waals surface area contributed by atoms with Crippen LogP contribution in [0.15, 0.2) is 84.9 Å². The highest BCUT2D eigenvalue weighted by Gasteiger charge is 2.09. The number of nitrogen functional groups attached to an aromatic ring is 2. The molecule has 0 aliphatic heterocycles. The van der Waals surface area contributed by atoms with Gasteiger partial charge in [0.05, 0.1) is 20.4 Å². The molecule has 0 bridgehead atoms. The van der Waals surface area contributed by atoms with Crippen LogP contribution in [0.4, 0.5) is 11.4 Å². The molecule has 4 N–H and O–H groups in total. The minimum Gasteiger partial charge on any atom is -0.457 e. The molecule has 0 saturated carbocycles. The second kappa shape index (κ2) is 7.88. The SMILES string of the molecule is Nc1ccc2sc(-c3ccc(Oc4ccc(-c5nc6cc(N)ccc6s5)cc4)cc3)nc2c1.